The van der Waals surface area contributed by atoms with Gasteiger partial charge >= 0.3 is 0 Å². The van der Waals surface area contributed by atoms with Crippen LogP contribution in [0.4, 0.5) is 4.39 Å². The van der Waals surface area contributed by atoms with Crippen LogP contribution in [0.25, 0.3) is 0 Å². The van der Waals surface area contributed by atoms with Gasteiger partial charge in [-0.1, -0.05) is 19.1 Å². The molecular formula is C13H18FNS. The summed E-state index contributed by atoms with van der Waals surface area (Å²) in [6.07, 6.45) is 2.47. The van der Waals surface area contributed by atoms with E-state index in [1.807, 2.05) is 12.1 Å². The second-order valence-electron chi connectivity index (χ2n) is 4.55. The Morgan fingerprint density at radius 3 is 2.75 bits per heavy atom. The van der Waals surface area contributed by atoms with Crippen LogP contribution in [0.3, 0.4) is 0 Å². The number of likely N-dealkylation sites (tertiary alicyclic amines) is 1. The van der Waals surface area contributed by atoms with Crippen molar-refractivity contribution >= 4 is 12.6 Å². The minimum atomic E-state index is -0.163. The highest BCUT2D eigenvalue weighted by atomic mass is 32.1. The maximum atomic E-state index is 12.8. The predicted octanol–water partition coefficient (Wildman–Crippen LogP) is 3.11. The highest BCUT2D eigenvalue weighted by Crippen LogP contribution is 2.24. The van der Waals surface area contributed by atoms with E-state index in [1.165, 1.54) is 30.5 Å². The van der Waals surface area contributed by atoms with Crippen molar-refractivity contribution in [3.05, 3.63) is 35.6 Å². The molecule has 0 bridgehead atoms. The molecule has 1 aromatic rings. The van der Waals surface area contributed by atoms with Crippen LogP contribution in [-0.2, 0) is 6.54 Å². The van der Waals surface area contributed by atoms with E-state index in [0.717, 1.165) is 13.1 Å². The van der Waals surface area contributed by atoms with Crippen molar-refractivity contribution in [2.45, 2.75) is 37.6 Å². The lowest BCUT2D eigenvalue weighted by Gasteiger charge is -2.27. The normalized spacial score (nSPS) is 23.6. The molecule has 16 heavy (non-hydrogen) atoms. The van der Waals surface area contributed by atoms with Gasteiger partial charge in [0.1, 0.15) is 5.82 Å². The third kappa shape index (κ3) is 2.77. The zero-order chi connectivity index (χ0) is 11.5. The summed E-state index contributed by atoms with van der Waals surface area (Å²) in [4.78, 5) is 2.45. The summed E-state index contributed by atoms with van der Waals surface area (Å²) in [5.74, 6) is -0.163. The number of benzene rings is 1. The van der Waals surface area contributed by atoms with Gasteiger partial charge in [-0.2, -0.15) is 12.6 Å². The minimum absolute atomic E-state index is 0.163. The Balaban J connectivity index is 2.01. The van der Waals surface area contributed by atoms with E-state index < -0.39 is 0 Å². The van der Waals surface area contributed by atoms with Gasteiger partial charge in [0.15, 0.2) is 0 Å². The molecule has 2 unspecified atom stereocenters. The molecule has 1 saturated heterocycles. The van der Waals surface area contributed by atoms with Gasteiger partial charge in [-0.3, -0.25) is 4.90 Å². The third-order valence-corrected chi connectivity index (χ3v) is 3.61. The van der Waals surface area contributed by atoms with Gasteiger partial charge in [-0.05, 0) is 37.1 Å². The fourth-order valence-electron chi connectivity index (χ4n) is 2.42. The molecule has 0 amide bonds. The summed E-state index contributed by atoms with van der Waals surface area (Å²) in [7, 11) is 0. The Hall–Kier alpha value is -0.540. The van der Waals surface area contributed by atoms with E-state index in [2.05, 4.69) is 24.5 Å². The summed E-state index contributed by atoms with van der Waals surface area (Å²) < 4.78 is 12.8. The Morgan fingerprint density at radius 2 is 2.12 bits per heavy atom. The first-order valence-corrected chi connectivity index (χ1v) is 6.35. The van der Waals surface area contributed by atoms with Crippen LogP contribution < -0.4 is 0 Å². The molecule has 0 N–H and O–H groups in total. The summed E-state index contributed by atoms with van der Waals surface area (Å²) >= 11 is 4.53. The van der Waals surface area contributed by atoms with Crippen LogP contribution in [0.15, 0.2) is 24.3 Å². The Kier molecular flexibility index (Phi) is 3.87. The number of halogens is 1. The van der Waals surface area contributed by atoms with Crippen molar-refractivity contribution in [3.8, 4) is 0 Å². The van der Waals surface area contributed by atoms with Crippen LogP contribution in [0.1, 0.15) is 25.3 Å². The number of rotatable bonds is 3. The van der Waals surface area contributed by atoms with Crippen molar-refractivity contribution in [3.63, 3.8) is 0 Å². The quantitative estimate of drug-likeness (QED) is 0.793. The summed E-state index contributed by atoms with van der Waals surface area (Å²) in [5, 5.41) is 0.406. The lowest BCUT2D eigenvalue weighted by molar-refractivity contribution is 0.245. The van der Waals surface area contributed by atoms with Crippen LogP contribution in [-0.4, -0.2) is 22.7 Å². The molecule has 1 fully saturated rings. The Morgan fingerprint density at radius 1 is 1.44 bits per heavy atom. The zero-order valence-electron chi connectivity index (χ0n) is 9.56. The van der Waals surface area contributed by atoms with Crippen molar-refractivity contribution in [2.75, 3.05) is 6.54 Å². The van der Waals surface area contributed by atoms with Crippen molar-refractivity contribution in [1.82, 2.24) is 4.90 Å². The van der Waals surface area contributed by atoms with E-state index in [1.54, 1.807) is 0 Å². The fraction of sp³-hybridized carbons (Fsp3) is 0.538. The minimum Gasteiger partial charge on any atom is -0.295 e. The third-order valence-electron chi connectivity index (χ3n) is 3.27. The molecule has 1 aliphatic heterocycles. The van der Waals surface area contributed by atoms with Gasteiger partial charge in [-0.25, -0.2) is 4.39 Å². The Bertz CT molecular complexity index is 336. The van der Waals surface area contributed by atoms with Gasteiger partial charge in [0.25, 0.3) is 0 Å². The van der Waals surface area contributed by atoms with E-state index in [0.29, 0.717) is 11.3 Å². The number of thiol groups is 1. The molecule has 1 heterocycles. The van der Waals surface area contributed by atoms with Crippen LogP contribution >= 0.6 is 12.6 Å². The lowest BCUT2D eigenvalue weighted by atomic mass is 10.1. The van der Waals surface area contributed by atoms with E-state index in [4.69, 9.17) is 0 Å². The summed E-state index contributed by atoms with van der Waals surface area (Å²) in [6, 6.07) is 7.37. The number of hydrogen-bond acceptors (Lipinski definition) is 2. The van der Waals surface area contributed by atoms with Crippen LogP contribution in [0.2, 0.25) is 0 Å². The van der Waals surface area contributed by atoms with Crippen molar-refractivity contribution in [1.29, 1.82) is 0 Å². The molecule has 0 aliphatic carbocycles. The number of nitrogens with zero attached hydrogens (tertiary/aromatic N) is 1. The molecule has 2 atom stereocenters. The first-order chi connectivity index (χ1) is 7.66. The molecule has 88 valence electrons. The zero-order valence-corrected chi connectivity index (χ0v) is 10.5. The molecule has 0 spiro atoms. The molecule has 0 saturated carbocycles. The second-order valence-corrected chi connectivity index (χ2v) is 5.36. The smallest absolute Gasteiger partial charge is 0.123 e. The second kappa shape index (κ2) is 5.19. The standard InChI is InChI=1S/C13H18FNS/c1-10(16)13-3-2-8-15(13)9-11-4-6-12(14)7-5-11/h4-7,10,13,16H,2-3,8-9H2,1H3. The largest absolute Gasteiger partial charge is 0.295 e. The molecule has 0 radical (unpaired) electrons. The van der Waals surface area contributed by atoms with Gasteiger partial charge in [-0.15, -0.1) is 0 Å². The average Bonchev–Trinajstić information content (AvgIpc) is 2.69. The SMILES string of the molecule is CC(S)C1CCCN1Cc1ccc(F)cc1. The number of hydrogen-bond donors (Lipinski definition) is 1. The first kappa shape index (κ1) is 11.9. The molecule has 1 aliphatic rings. The van der Waals surface area contributed by atoms with Gasteiger partial charge < -0.3 is 0 Å². The topological polar surface area (TPSA) is 3.24 Å². The Labute approximate surface area is 102 Å². The maximum Gasteiger partial charge on any atom is 0.123 e. The van der Waals surface area contributed by atoms with Gasteiger partial charge in [0.2, 0.25) is 0 Å². The predicted molar refractivity (Wildman–Crippen MR) is 68.3 cm³/mol. The fourth-order valence-corrected chi connectivity index (χ4v) is 2.76. The van der Waals surface area contributed by atoms with Crippen LogP contribution in [0, 0.1) is 5.82 Å². The van der Waals surface area contributed by atoms with E-state index in [9.17, 15) is 4.39 Å². The highest BCUT2D eigenvalue weighted by molar-refractivity contribution is 7.81. The first-order valence-electron chi connectivity index (χ1n) is 5.83. The molecular weight excluding hydrogens is 221 g/mol. The van der Waals surface area contributed by atoms with E-state index >= 15 is 0 Å². The van der Waals surface area contributed by atoms with Gasteiger partial charge in [0, 0.05) is 17.8 Å². The maximum absolute atomic E-state index is 12.8. The molecule has 1 nitrogen and oxygen atoms in total. The molecule has 3 heteroatoms. The highest BCUT2D eigenvalue weighted by Gasteiger charge is 2.27. The summed E-state index contributed by atoms with van der Waals surface area (Å²) in [5.41, 5.74) is 1.18. The van der Waals surface area contributed by atoms with Crippen LogP contribution in [0.5, 0.6) is 0 Å². The van der Waals surface area contributed by atoms with Crippen molar-refractivity contribution < 1.29 is 4.39 Å². The van der Waals surface area contributed by atoms with E-state index in [-0.39, 0.29) is 5.82 Å². The lowest BCUT2D eigenvalue weighted by Crippen LogP contribution is -2.34. The molecule has 1 aromatic carbocycles. The van der Waals surface area contributed by atoms with Crippen molar-refractivity contribution in [2.24, 2.45) is 0 Å². The molecule has 2 rings (SSSR count). The average molecular weight is 239 g/mol. The van der Waals surface area contributed by atoms with Gasteiger partial charge in [0.05, 0.1) is 0 Å². The monoisotopic (exact) mass is 239 g/mol. The summed E-state index contributed by atoms with van der Waals surface area (Å²) in [6.45, 7) is 4.19. The molecule has 0 aromatic heterocycles.